The van der Waals surface area contributed by atoms with E-state index in [4.69, 9.17) is 5.73 Å². The summed E-state index contributed by atoms with van der Waals surface area (Å²) in [5, 5.41) is 9.34. The van der Waals surface area contributed by atoms with Gasteiger partial charge in [0.15, 0.2) is 0 Å². The third kappa shape index (κ3) is 2.37. The molecule has 112 valence electrons. The van der Waals surface area contributed by atoms with Crippen LogP contribution in [0.15, 0.2) is 24.3 Å². The van der Waals surface area contributed by atoms with Gasteiger partial charge in [-0.2, -0.15) is 0 Å². The molecule has 0 bridgehead atoms. The van der Waals surface area contributed by atoms with E-state index in [1.165, 1.54) is 0 Å². The molecule has 0 radical (unpaired) electrons. The molecule has 21 heavy (non-hydrogen) atoms. The molecule has 1 unspecified atom stereocenters. The highest BCUT2D eigenvalue weighted by Crippen LogP contribution is 2.50. The van der Waals surface area contributed by atoms with Gasteiger partial charge in [0.1, 0.15) is 6.04 Å². The quantitative estimate of drug-likeness (QED) is 0.830. The van der Waals surface area contributed by atoms with Gasteiger partial charge in [-0.1, -0.05) is 12.1 Å². The van der Waals surface area contributed by atoms with E-state index in [0.717, 1.165) is 31.2 Å². The highest BCUT2D eigenvalue weighted by atomic mass is 16.4. The molecule has 1 atom stereocenters. The zero-order chi connectivity index (χ0) is 15.0. The lowest BCUT2D eigenvalue weighted by molar-refractivity contribution is -0.153. The molecule has 1 aromatic rings. The fraction of sp³-hybridized carbons (Fsp3) is 0.500. The second-order valence-electron chi connectivity index (χ2n) is 6.05. The Kier molecular flexibility index (Phi) is 3.35. The van der Waals surface area contributed by atoms with Crippen LogP contribution in [-0.2, 0) is 15.0 Å². The molecule has 2 fully saturated rings. The molecule has 1 aliphatic heterocycles. The average Bonchev–Trinajstić information content (AvgIpc) is 3.29. The zero-order valence-electron chi connectivity index (χ0n) is 11.9. The number of carbonyl (C=O) groups is 2. The lowest BCUT2D eigenvalue weighted by Gasteiger charge is -2.35. The lowest BCUT2D eigenvalue weighted by Crippen LogP contribution is -2.51. The molecule has 1 aliphatic carbocycles. The van der Waals surface area contributed by atoms with E-state index >= 15 is 0 Å². The van der Waals surface area contributed by atoms with Gasteiger partial charge >= 0.3 is 5.97 Å². The summed E-state index contributed by atoms with van der Waals surface area (Å²) in [7, 11) is 0. The van der Waals surface area contributed by atoms with Crippen molar-refractivity contribution < 1.29 is 14.7 Å². The van der Waals surface area contributed by atoms with E-state index in [0.29, 0.717) is 18.7 Å². The third-order valence-electron chi connectivity index (χ3n) is 4.67. The van der Waals surface area contributed by atoms with E-state index < -0.39 is 17.4 Å². The van der Waals surface area contributed by atoms with Gasteiger partial charge in [0.25, 0.3) is 0 Å². The number of nitrogens with zero attached hydrogens (tertiary/aromatic N) is 1. The van der Waals surface area contributed by atoms with Gasteiger partial charge in [0.05, 0.1) is 5.41 Å². The maximum absolute atomic E-state index is 12.9. The largest absolute Gasteiger partial charge is 0.480 e. The molecule has 5 heteroatoms. The molecular weight excluding hydrogens is 268 g/mol. The summed E-state index contributed by atoms with van der Waals surface area (Å²) in [5.74, 6) is -0.921. The molecule has 1 saturated carbocycles. The number of anilines is 1. The van der Waals surface area contributed by atoms with Crippen LogP contribution in [-0.4, -0.2) is 34.5 Å². The minimum Gasteiger partial charge on any atom is -0.480 e. The smallest absolute Gasteiger partial charge is 0.326 e. The van der Waals surface area contributed by atoms with Crippen molar-refractivity contribution in [1.29, 1.82) is 0 Å². The number of likely N-dealkylation sites (tertiary alicyclic amines) is 1. The van der Waals surface area contributed by atoms with Gasteiger partial charge in [-0.05, 0) is 49.8 Å². The summed E-state index contributed by atoms with van der Waals surface area (Å²) in [6.07, 6.45) is 3.89. The predicted molar refractivity (Wildman–Crippen MR) is 78.8 cm³/mol. The second kappa shape index (κ2) is 5.06. The van der Waals surface area contributed by atoms with Gasteiger partial charge in [-0.25, -0.2) is 4.79 Å². The molecule has 3 rings (SSSR count). The highest BCUT2D eigenvalue weighted by molar-refractivity contribution is 5.94. The van der Waals surface area contributed by atoms with E-state index in [1.54, 1.807) is 17.0 Å². The summed E-state index contributed by atoms with van der Waals surface area (Å²) < 4.78 is 0. The van der Waals surface area contributed by atoms with Crippen LogP contribution in [0.2, 0.25) is 0 Å². The van der Waals surface area contributed by atoms with Crippen molar-refractivity contribution in [2.75, 3.05) is 12.3 Å². The normalized spacial score (nSPS) is 23.6. The van der Waals surface area contributed by atoms with Gasteiger partial charge in [-0.3, -0.25) is 4.79 Å². The maximum Gasteiger partial charge on any atom is 0.326 e. The van der Waals surface area contributed by atoms with Gasteiger partial charge in [-0.15, -0.1) is 0 Å². The number of carbonyl (C=O) groups excluding carboxylic acids is 1. The number of hydrogen-bond donors (Lipinski definition) is 2. The Morgan fingerprint density at radius 2 is 1.86 bits per heavy atom. The summed E-state index contributed by atoms with van der Waals surface area (Å²) in [6.45, 7) is 0.548. The second-order valence-corrected chi connectivity index (χ2v) is 6.05. The first-order valence-electron chi connectivity index (χ1n) is 7.44. The Morgan fingerprint density at radius 3 is 2.43 bits per heavy atom. The summed E-state index contributed by atoms with van der Waals surface area (Å²) in [6, 6.07) is 6.71. The van der Waals surface area contributed by atoms with Crippen LogP contribution in [0.25, 0.3) is 0 Å². The molecule has 0 spiro atoms. The molecule has 5 nitrogen and oxygen atoms in total. The van der Waals surface area contributed by atoms with Crippen LogP contribution in [0.3, 0.4) is 0 Å². The fourth-order valence-corrected chi connectivity index (χ4v) is 3.26. The van der Waals surface area contributed by atoms with Crippen molar-refractivity contribution in [2.45, 2.75) is 43.6 Å². The van der Waals surface area contributed by atoms with E-state index in [1.807, 2.05) is 12.1 Å². The van der Waals surface area contributed by atoms with Crippen LogP contribution in [0.4, 0.5) is 5.69 Å². The summed E-state index contributed by atoms with van der Waals surface area (Å²) >= 11 is 0. The molecule has 3 N–H and O–H groups in total. The number of nitrogen functional groups attached to an aromatic ring is 1. The van der Waals surface area contributed by atoms with E-state index in [2.05, 4.69) is 0 Å². The first-order chi connectivity index (χ1) is 10.0. The molecule has 1 saturated heterocycles. The number of rotatable bonds is 3. The molecule has 1 amide bonds. The van der Waals surface area contributed by atoms with Crippen molar-refractivity contribution >= 4 is 17.6 Å². The van der Waals surface area contributed by atoms with Crippen LogP contribution >= 0.6 is 0 Å². The standard InChI is InChI=1S/C16H20N2O3/c17-12-6-4-11(5-7-12)16(8-9-16)15(21)18-10-2-1-3-13(18)14(19)20/h4-7,13H,1-3,8-10,17H2,(H,19,20). The predicted octanol–water partition coefficient (Wildman–Crippen LogP) is 1.77. The van der Waals surface area contributed by atoms with Gasteiger partial charge < -0.3 is 15.7 Å². The van der Waals surface area contributed by atoms with Crippen molar-refractivity contribution in [3.05, 3.63) is 29.8 Å². The Bertz CT molecular complexity index is 563. The van der Waals surface area contributed by atoms with Crippen molar-refractivity contribution in [2.24, 2.45) is 0 Å². The minimum atomic E-state index is -0.892. The van der Waals surface area contributed by atoms with Gasteiger partial charge in [0.2, 0.25) is 5.91 Å². The fourth-order valence-electron chi connectivity index (χ4n) is 3.26. The topological polar surface area (TPSA) is 83.6 Å². The third-order valence-corrected chi connectivity index (χ3v) is 4.67. The Hall–Kier alpha value is -2.04. The first-order valence-corrected chi connectivity index (χ1v) is 7.44. The molecule has 1 heterocycles. The number of aliphatic carboxylic acids is 1. The van der Waals surface area contributed by atoms with E-state index in [-0.39, 0.29) is 5.91 Å². The van der Waals surface area contributed by atoms with Crippen LogP contribution in [0.5, 0.6) is 0 Å². The van der Waals surface area contributed by atoms with Crippen LogP contribution < -0.4 is 5.73 Å². The minimum absolute atomic E-state index is 0.0284. The molecule has 1 aromatic carbocycles. The first kappa shape index (κ1) is 13.9. The van der Waals surface area contributed by atoms with Crippen molar-refractivity contribution in [3.8, 4) is 0 Å². The van der Waals surface area contributed by atoms with Crippen LogP contribution in [0, 0.1) is 0 Å². The van der Waals surface area contributed by atoms with Gasteiger partial charge in [0, 0.05) is 12.2 Å². The highest BCUT2D eigenvalue weighted by Gasteiger charge is 2.54. The number of benzene rings is 1. The lowest BCUT2D eigenvalue weighted by atomic mass is 9.91. The Labute approximate surface area is 123 Å². The summed E-state index contributed by atoms with van der Waals surface area (Å²) in [4.78, 5) is 25.9. The monoisotopic (exact) mass is 288 g/mol. The number of piperidine rings is 1. The Balaban J connectivity index is 1.86. The average molecular weight is 288 g/mol. The SMILES string of the molecule is Nc1ccc(C2(C(=O)N3CCCCC3C(=O)O)CC2)cc1. The number of hydrogen-bond acceptors (Lipinski definition) is 3. The van der Waals surface area contributed by atoms with Crippen LogP contribution in [0.1, 0.15) is 37.7 Å². The summed E-state index contributed by atoms with van der Waals surface area (Å²) in [5.41, 5.74) is 6.81. The maximum atomic E-state index is 12.9. The molecule has 2 aliphatic rings. The molecule has 0 aromatic heterocycles. The van der Waals surface area contributed by atoms with Crippen molar-refractivity contribution in [3.63, 3.8) is 0 Å². The number of carboxylic acid groups (broad SMARTS) is 1. The zero-order valence-corrected chi connectivity index (χ0v) is 11.9. The number of nitrogens with two attached hydrogens (primary N) is 1. The Morgan fingerprint density at radius 1 is 1.19 bits per heavy atom. The van der Waals surface area contributed by atoms with Crippen molar-refractivity contribution in [1.82, 2.24) is 4.90 Å². The number of carboxylic acids is 1. The van der Waals surface area contributed by atoms with E-state index in [9.17, 15) is 14.7 Å². The number of amides is 1. The molecular formula is C16H20N2O3.